The zero-order valence-electron chi connectivity index (χ0n) is 14.3. The number of ether oxygens (including phenoxy) is 1. The van der Waals surface area contributed by atoms with Gasteiger partial charge in [0, 0.05) is 24.9 Å². The average Bonchev–Trinajstić information content (AvgIpc) is 2.78. The Bertz CT molecular complexity index is 424. The highest BCUT2D eigenvalue weighted by molar-refractivity contribution is 5.68. The highest BCUT2D eigenvalue weighted by Gasteiger charge is 2.47. The molecule has 2 aliphatic heterocycles. The number of nitrogens with zero attached hydrogens (tertiary/aromatic N) is 1. The van der Waals surface area contributed by atoms with Gasteiger partial charge in [-0.15, -0.1) is 0 Å². The molecule has 2 unspecified atom stereocenters. The Morgan fingerprint density at radius 3 is 1.96 bits per heavy atom. The van der Waals surface area contributed by atoms with Crippen molar-refractivity contribution in [3.8, 4) is 0 Å². The molecule has 4 nitrogen and oxygen atoms in total. The van der Waals surface area contributed by atoms with Gasteiger partial charge in [-0.05, 0) is 20.8 Å². The van der Waals surface area contributed by atoms with Gasteiger partial charge >= 0.3 is 6.09 Å². The fourth-order valence-electron chi connectivity index (χ4n) is 2.18. The second kappa shape index (κ2) is 6.83. The van der Waals surface area contributed by atoms with E-state index < -0.39 is 41.9 Å². The minimum Gasteiger partial charge on any atom is -0.444 e. The summed E-state index contributed by atoms with van der Waals surface area (Å²) in [5, 5.41) is 2.61. The molecular weight excluding hydrogens is 316 g/mol. The van der Waals surface area contributed by atoms with Crippen molar-refractivity contribution >= 4 is 6.09 Å². The van der Waals surface area contributed by atoms with Crippen molar-refractivity contribution in [2.24, 2.45) is 11.8 Å². The monoisotopic (exact) mass is 342 g/mol. The van der Waals surface area contributed by atoms with Crippen molar-refractivity contribution in [3.63, 3.8) is 0 Å². The number of rotatable bonds is 0. The van der Waals surface area contributed by atoms with Gasteiger partial charge in [-0.2, -0.15) is 0 Å². The highest BCUT2D eigenvalue weighted by Crippen LogP contribution is 2.33. The van der Waals surface area contributed by atoms with E-state index in [-0.39, 0.29) is 13.1 Å². The molecule has 0 aromatic rings. The molecule has 8 heteroatoms. The SMILES string of the molecule is CC1CN(C(=O)OC(C)(C)C)CC1(F)F.CC1CNCC1(F)F. The molecule has 1 amide bonds. The molecule has 0 saturated carbocycles. The zero-order valence-corrected chi connectivity index (χ0v) is 14.3. The molecule has 2 aliphatic rings. The summed E-state index contributed by atoms with van der Waals surface area (Å²) in [4.78, 5) is 12.5. The third-order valence-corrected chi connectivity index (χ3v) is 3.80. The number of hydrogen-bond donors (Lipinski definition) is 1. The van der Waals surface area contributed by atoms with Crippen LogP contribution >= 0.6 is 0 Å². The quantitative estimate of drug-likeness (QED) is 0.686. The van der Waals surface area contributed by atoms with Crippen LogP contribution in [0.1, 0.15) is 34.6 Å². The van der Waals surface area contributed by atoms with Crippen LogP contribution in [0.5, 0.6) is 0 Å². The Hall–Kier alpha value is -1.05. The fourth-order valence-corrected chi connectivity index (χ4v) is 2.18. The van der Waals surface area contributed by atoms with Crippen LogP contribution in [0, 0.1) is 11.8 Å². The summed E-state index contributed by atoms with van der Waals surface area (Å²) >= 11 is 0. The summed E-state index contributed by atoms with van der Waals surface area (Å²) in [6.07, 6.45) is -0.661. The van der Waals surface area contributed by atoms with Crippen LogP contribution in [-0.2, 0) is 4.74 Å². The van der Waals surface area contributed by atoms with Gasteiger partial charge in [0.15, 0.2) is 0 Å². The van der Waals surface area contributed by atoms with Crippen LogP contribution in [0.15, 0.2) is 0 Å². The Morgan fingerprint density at radius 1 is 1.13 bits per heavy atom. The van der Waals surface area contributed by atoms with Crippen molar-refractivity contribution in [2.75, 3.05) is 26.2 Å². The van der Waals surface area contributed by atoms with Gasteiger partial charge in [-0.1, -0.05) is 13.8 Å². The number of alkyl halides is 4. The third-order valence-electron chi connectivity index (χ3n) is 3.80. The van der Waals surface area contributed by atoms with Crippen LogP contribution in [0.25, 0.3) is 0 Å². The number of likely N-dealkylation sites (tertiary alicyclic amines) is 1. The van der Waals surface area contributed by atoms with E-state index in [9.17, 15) is 22.4 Å². The number of nitrogens with one attached hydrogen (secondary N) is 1. The summed E-state index contributed by atoms with van der Waals surface area (Å²) < 4.78 is 55.8. The third kappa shape index (κ3) is 5.82. The van der Waals surface area contributed by atoms with E-state index in [4.69, 9.17) is 4.74 Å². The van der Waals surface area contributed by atoms with E-state index >= 15 is 0 Å². The molecule has 2 fully saturated rings. The standard InChI is InChI=1S/C10H17F2NO2.C5H9F2N/c1-7-5-13(6-10(7,11)12)8(14)15-9(2,3)4;1-4-2-8-3-5(4,6)7/h7H,5-6H2,1-4H3;4,8H,2-3H2,1H3. The molecule has 0 radical (unpaired) electrons. The van der Waals surface area contributed by atoms with E-state index in [1.807, 2.05) is 0 Å². The Labute approximate surface area is 134 Å². The summed E-state index contributed by atoms with van der Waals surface area (Å²) in [7, 11) is 0. The van der Waals surface area contributed by atoms with Crippen molar-refractivity contribution in [2.45, 2.75) is 52.1 Å². The molecule has 2 heterocycles. The molecule has 2 rings (SSSR count). The molecular formula is C15H26F4N2O2. The largest absolute Gasteiger partial charge is 0.444 e. The van der Waals surface area contributed by atoms with Gasteiger partial charge in [0.25, 0.3) is 11.8 Å². The molecule has 0 spiro atoms. The number of carbonyl (C=O) groups is 1. The second-order valence-corrected chi connectivity index (χ2v) is 7.32. The van der Waals surface area contributed by atoms with Gasteiger partial charge in [-0.3, -0.25) is 0 Å². The lowest BCUT2D eigenvalue weighted by molar-refractivity contribution is -0.0246. The van der Waals surface area contributed by atoms with Crippen molar-refractivity contribution in [3.05, 3.63) is 0 Å². The van der Waals surface area contributed by atoms with E-state index in [0.29, 0.717) is 6.54 Å². The zero-order chi connectivity index (χ0) is 18.1. The first-order valence-corrected chi connectivity index (χ1v) is 7.69. The molecule has 23 heavy (non-hydrogen) atoms. The maximum absolute atomic E-state index is 13.1. The molecule has 2 saturated heterocycles. The highest BCUT2D eigenvalue weighted by atomic mass is 19.3. The lowest BCUT2D eigenvalue weighted by atomic mass is 10.1. The van der Waals surface area contributed by atoms with Crippen LogP contribution < -0.4 is 5.32 Å². The van der Waals surface area contributed by atoms with Gasteiger partial charge < -0.3 is 15.0 Å². The summed E-state index contributed by atoms with van der Waals surface area (Å²) in [5.74, 6) is -6.54. The molecule has 0 bridgehead atoms. The molecule has 2 atom stereocenters. The molecule has 0 aromatic carbocycles. The Morgan fingerprint density at radius 2 is 1.70 bits per heavy atom. The lowest BCUT2D eigenvalue weighted by Gasteiger charge is -2.24. The topological polar surface area (TPSA) is 41.6 Å². The van der Waals surface area contributed by atoms with Gasteiger partial charge in [0.05, 0.1) is 13.1 Å². The smallest absolute Gasteiger partial charge is 0.410 e. The Kier molecular flexibility index (Phi) is 5.93. The van der Waals surface area contributed by atoms with Crippen molar-refractivity contribution in [1.82, 2.24) is 10.2 Å². The minimum atomic E-state index is -2.79. The second-order valence-electron chi connectivity index (χ2n) is 7.32. The molecule has 0 aromatic heterocycles. The fraction of sp³-hybridized carbons (Fsp3) is 0.933. The average molecular weight is 342 g/mol. The number of hydrogen-bond acceptors (Lipinski definition) is 3. The van der Waals surface area contributed by atoms with Crippen molar-refractivity contribution < 1.29 is 27.1 Å². The predicted octanol–water partition coefficient (Wildman–Crippen LogP) is 3.37. The van der Waals surface area contributed by atoms with Gasteiger partial charge in [-0.25, -0.2) is 22.4 Å². The van der Waals surface area contributed by atoms with Gasteiger partial charge in [0.2, 0.25) is 0 Å². The van der Waals surface area contributed by atoms with Gasteiger partial charge in [0.1, 0.15) is 5.60 Å². The van der Waals surface area contributed by atoms with Crippen molar-refractivity contribution in [1.29, 1.82) is 0 Å². The maximum Gasteiger partial charge on any atom is 0.410 e. The predicted molar refractivity (Wildman–Crippen MR) is 78.9 cm³/mol. The first kappa shape index (κ1) is 20.0. The van der Waals surface area contributed by atoms with E-state index in [1.54, 1.807) is 27.7 Å². The first-order chi connectivity index (χ1) is 10.2. The van der Waals surface area contributed by atoms with Crippen LogP contribution in [0.2, 0.25) is 0 Å². The van der Waals surface area contributed by atoms with Crippen LogP contribution in [0.3, 0.4) is 0 Å². The molecule has 1 N–H and O–H groups in total. The maximum atomic E-state index is 13.1. The van der Waals surface area contributed by atoms with E-state index in [1.165, 1.54) is 6.92 Å². The number of carbonyl (C=O) groups excluding carboxylic acids is 1. The van der Waals surface area contributed by atoms with E-state index in [2.05, 4.69) is 5.32 Å². The number of amides is 1. The Balaban J connectivity index is 0.000000277. The normalized spacial score (nSPS) is 29.0. The lowest BCUT2D eigenvalue weighted by Crippen LogP contribution is -2.36. The summed E-state index contributed by atoms with van der Waals surface area (Å²) in [6.45, 7) is 7.95. The van der Waals surface area contributed by atoms with Crippen LogP contribution in [0.4, 0.5) is 22.4 Å². The van der Waals surface area contributed by atoms with Crippen LogP contribution in [-0.4, -0.2) is 54.6 Å². The first-order valence-electron chi connectivity index (χ1n) is 7.69. The molecule has 136 valence electrons. The molecule has 0 aliphatic carbocycles. The number of halogens is 4. The summed E-state index contributed by atoms with van der Waals surface area (Å²) in [6, 6.07) is 0. The summed E-state index contributed by atoms with van der Waals surface area (Å²) in [5.41, 5.74) is -0.641. The van der Waals surface area contributed by atoms with E-state index in [0.717, 1.165) is 4.90 Å². The minimum absolute atomic E-state index is 0.0575.